The highest BCUT2D eigenvalue weighted by molar-refractivity contribution is 7.91. The van der Waals surface area contributed by atoms with Gasteiger partial charge in [-0.2, -0.15) is 0 Å². The van der Waals surface area contributed by atoms with Crippen LogP contribution in [0.3, 0.4) is 0 Å². The lowest BCUT2D eigenvalue weighted by atomic mass is 9.62. The molecule has 1 saturated carbocycles. The molecule has 0 radical (unpaired) electrons. The van der Waals surface area contributed by atoms with Crippen molar-refractivity contribution in [3.63, 3.8) is 0 Å². The first-order valence-corrected chi connectivity index (χ1v) is 21.0. The maximum absolute atomic E-state index is 16.3. The van der Waals surface area contributed by atoms with Gasteiger partial charge in [0.15, 0.2) is 5.67 Å². The summed E-state index contributed by atoms with van der Waals surface area (Å²) in [4.78, 5) is 30.1. The van der Waals surface area contributed by atoms with E-state index in [4.69, 9.17) is 9.47 Å². The average Bonchev–Trinajstić information content (AvgIpc) is 3.63. The third-order valence-electron chi connectivity index (χ3n) is 12.4. The normalized spacial score (nSPS) is 22.4. The van der Waals surface area contributed by atoms with Crippen LogP contribution < -0.4 is 20.3 Å². The summed E-state index contributed by atoms with van der Waals surface area (Å²) in [5, 5.41) is 5.61. The summed E-state index contributed by atoms with van der Waals surface area (Å²) < 4.78 is 84.1. The largest absolute Gasteiger partial charge is 0.495 e. The molecule has 306 valence electrons. The number of carbonyl (C=O) groups is 2. The maximum Gasteiger partial charge on any atom is 0.407 e. The Hall–Kier alpha value is -4.60. The number of hydrogen-bond donors (Lipinski definition) is 2. The Morgan fingerprint density at radius 2 is 1.67 bits per heavy atom. The van der Waals surface area contributed by atoms with Gasteiger partial charge in [0.1, 0.15) is 17.4 Å². The Balaban J connectivity index is 1.03. The molecule has 3 aromatic rings. The van der Waals surface area contributed by atoms with Gasteiger partial charge in [0.05, 0.1) is 54.0 Å². The smallest absolute Gasteiger partial charge is 0.407 e. The molecule has 4 fully saturated rings. The monoisotopic (exact) mass is 809 g/mol. The lowest BCUT2D eigenvalue weighted by Gasteiger charge is -2.59. The molecule has 4 aliphatic rings. The number of carbonyl (C=O) groups excluding carboxylic acids is 2. The number of sulfone groups is 1. The molecular formula is C42H50F3N5O6S. The van der Waals surface area contributed by atoms with Crippen molar-refractivity contribution in [3.8, 4) is 5.75 Å². The fourth-order valence-electron chi connectivity index (χ4n) is 9.74. The molecule has 0 spiro atoms. The highest BCUT2D eigenvalue weighted by atomic mass is 32.2. The Bertz CT molecular complexity index is 2100. The van der Waals surface area contributed by atoms with Gasteiger partial charge in [-0.15, -0.1) is 0 Å². The number of rotatable bonds is 13. The minimum atomic E-state index is -4.20. The van der Waals surface area contributed by atoms with Crippen LogP contribution in [0.1, 0.15) is 44.1 Å². The van der Waals surface area contributed by atoms with Crippen LogP contribution in [0, 0.1) is 23.5 Å². The van der Waals surface area contributed by atoms with Gasteiger partial charge in [-0.1, -0.05) is 25.1 Å². The first-order valence-electron chi connectivity index (χ1n) is 19.5. The second-order valence-electron chi connectivity index (χ2n) is 15.7. The van der Waals surface area contributed by atoms with Gasteiger partial charge in [-0.05, 0) is 111 Å². The Morgan fingerprint density at radius 1 is 0.947 bits per heavy atom. The number of benzene rings is 3. The van der Waals surface area contributed by atoms with E-state index in [1.807, 2.05) is 6.07 Å². The van der Waals surface area contributed by atoms with Crippen LogP contribution in [-0.2, 0) is 24.9 Å². The summed E-state index contributed by atoms with van der Waals surface area (Å²) in [5.41, 5.74) is -0.966. The summed E-state index contributed by atoms with van der Waals surface area (Å²) in [6, 6.07) is 14.3. The van der Waals surface area contributed by atoms with E-state index in [0.29, 0.717) is 13.1 Å². The zero-order chi connectivity index (χ0) is 40.5. The molecule has 2 amide bonds. The highest BCUT2D eigenvalue weighted by Gasteiger charge is 2.57. The Morgan fingerprint density at radius 3 is 2.30 bits per heavy atom. The average molecular weight is 810 g/mol. The molecule has 3 saturated heterocycles. The second-order valence-corrected chi connectivity index (χ2v) is 17.6. The molecule has 3 heterocycles. The minimum absolute atomic E-state index is 0.0397. The topological polar surface area (TPSA) is 121 Å². The number of anilines is 2. The zero-order valence-corrected chi connectivity index (χ0v) is 33.1. The summed E-state index contributed by atoms with van der Waals surface area (Å²) >= 11 is 0. The summed E-state index contributed by atoms with van der Waals surface area (Å²) in [6.45, 7) is 6.49. The number of nitrogens with one attached hydrogen (secondary N) is 2. The van der Waals surface area contributed by atoms with E-state index in [0.717, 1.165) is 69.3 Å². The van der Waals surface area contributed by atoms with Crippen LogP contribution in [-0.4, -0.2) is 102 Å². The van der Waals surface area contributed by atoms with Crippen LogP contribution in [0.15, 0.2) is 83.1 Å². The molecule has 2 N–H and O–H groups in total. The predicted molar refractivity (Wildman–Crippen MR) is 210 cm³/mol. The molecule has 3 atom stereocenters. The van der Waals surface area contributed by atoms with Gasteiger partial charge >= 0.3 is 6.09 Å². The van der Waals surface area contributed by atoms with Crippen LogP contribution in [0.25, 0.3) is 0 Å². The van der Waals surface area contributed by atoms with Crippen molar-refractivity contribution in [2.45, 2.75) is 65.6 Å². The van der Waals surface area contributed by atoms with Gasteiger partial charge < -0.3 is 25.0 Å². The van der Waals surface area contributed by atoms with Gasteiger partial charge in [0.2, 0.25) is 15.7 Å². The van der Waals surface area contributed by atoms with Crippen molar-refractivity contribution in [1.29, 1.82) is 0 Å². The number of halogens is 3. The molecule has 11 nitrogen and oxygen atoms in total. The number of hydrogen-bond acceptors (Lipinski definition) is 9. The van der Waals surface area contributed by atoms with Gasteiger partial charge in [0.25, 0.3) is 0 Å². The van der Waals surface area contributed by atoms with Crippen LogP contribution >= 0.6 is 0 Å². The SMILES string of the molecule is C=CC(=O)Nc1cc(S(=O)(=O)c2ccc(N3CC(F)(CN4CCC(C(c5cccc(F)c5)([C@H]5CCC[C@@H]5NC(=O)OC)N5CCC5)CC4)C3)c(F)c2)ccc1OC. The molecule has 3 aliphatic heterocycles. The molecule has 57 heavy (non-hydrogen) atoms. The number of piperidine rings is 1. The number of ether oxygens (including phenoxy) is 2. The molecule has 0 bridgehead atoms. The lowest BCUT2D eigenvalue weighted by molar-refractivity contribution is -0.111. The van der Waals surface area contributed by atoms with Crippen LogP contribution in [0.5, 0.6) is 5.75 Å². The number of likely N-dealkylation sites (tertiary alicyclic amines) is 2. The molecule has 15 heteroatoms. The molecule has 1 unspecified atom stereocenters. The second kappa shape index (κ2) is 16.3. The number of alkyl halides is 1. The van der Waals surface area contributed by atoms with Crippen molar-refractivity contribution in [2.75, 3.05) is 70.2 Å². The highest BCUT2D eigenvalue weighted by Crippen LogP contribution is 2.54. The summed E-state index contributed by atoms with van der Waals surface area (Å²) in [5.74, 6) is -1.24. The number of amides is 2. The first-order chi connectivity index (χ1) is 27.3. The molecular weight excluding hydrogens is 760 g/mol. The Labute approximate surface area is 332 Å². The Kier molecular flexibility index (Phi) is 11.6. The maximum atomic E-state index is 16.3. The van der Waals surface area contributed by atoms with Crippen LogP contribution in [0.2, 0.25) is 0 Å². The van der Waals surface area contributed by atoms with Crippen molar-refractivity contribution in [2.24, 2.45) is 11.8 Å². The van der Waals surface area contributed by atoms with E-state index in [1.165, 1.54) is 50.6 Å². The van der Waals surface area contributed by atoms with E-state index in [2.05, 4.69) is 27.0 Å². The fourth-order valence-corrected chi connectivity index (χ4v) is 11.0. The van der Waals surface area contributed by atoms with E-state index in [9.17, 15) is 22.4 Å². The number of nitrogens with zero attached hydrogens (tertiary/aromatic N) is 3. The van der Waals surface area contributed by atoms with Crippen molar-refractivity contribution in [3.05, 3.63) is 90.5 Å². The minimum Gasteiger partial charge on any atom is -0.495 e. The first kappa shape index (κ1) is 40.6. The lowest BCUT2D eigenvalue weighted by Crippen LogP contribution is -2.66. The standard InChI is InChI=1S/C42H50F3N5O6S/c1-4-39(51)46-36-24-32(13-15-38(36)55-2)57(53,54)31-12-14-37(34(44)23-31)49-26-41(45,27-49)25-48-20-16-28(17-21-48)42(50-18-7-19-50,29-8-5-9-30(43)22-29)33-10-6-11-35(33)47-40(52)56-3/h4-5,8-9,12-15,22-24,28,33,35H,1,6-7,10-11,16-21,25-27H2,2-3H3,(H,46,51)(H,47,52)/t33-,35-,42?/m0/s1. The number of methoxy groups -OCH3 is 2. The molecule has 3 aromatic carbocycles. The third-order valence-corrected chi connectivity index (χ3v) is 14.1. The van der Waals surface area contributed by atoms with Crippen LogP contribution in [0.4, 0.5) is 29.3 Å². The summed E-state index contributed by atoms with van der Waals surface area (Å²) in [6.07, 6.45) is 5.75. The van der Waals surface area contributed by atoms with E-state index in [-0.39, 0.29) is 70.2 Å². The van der Waals surface area contributed by atoms with Gasteiger partial charge in [-0.25, -0.2) is 26.4 Å². The quantitative estimate of drug-likeness (QED) is 0.192. The predicted octanol–water partition coefficient (Wildman–Crippen LogP) is 6.30. The van der Waals surface area contributed by atoms with E-state index >= 15 is 8.78 Å². The van der Waals surface area contributed by atoms with E-state index in [1.54, 1.807) is 17.0 Å². The van der Waals surface area contributed by atoms with Gasteiger partial charge in [0, 0.05) is 31.6 Å². The fraction of sp³-hybridized carbons (Fsp3) is 0.476. The van der Waals surface area contributed by atoms with Crippen molar-refractivity contribution < 1.29 is 40.7 Å². The third kappa shape index (κ3) is 7.85. The summed E-state index contributed by atoms with van der Waals surface area (Å²) in [7, 11) is -1.46. The number of alkyl carbamates (subject to hydrolysis) is 1. The zero-order valence-electron chi connectivity index (χ0n) is 32.3. The van der Waals surface area contributed by atoms with Crippen molar-refractivity contribution >= 4 is 33.2 Å². The van der Waals surface area contributed by atoms with E-state index < -0.39 is 38.9 Å². The van der Waals surface area contributed by atoms with Crippen molar-refractivity contribution in [1.82, 2.24) is 15.1 Å². The molecule has 7 rings (SSSR count). The molecule has 1 aliphatic carbocycles. The van der Waals surface area contributed by atoms with Gasteiger partial charge in [-0.3, -0.25) is 14.6 Å². The molecule has 0 aromatic heterocycles.